The van der Waals surface area contributed by atoms with E-state index in [1.807, 2.05) is 79.4 Å². The summed E-state index contributed by atoms with van der Waals surface area (Å²) in [6.07, 6.45) is 4.13. The Kier molecular flexibility index (Phi) is 14.8. The van der Waals surface area contributed by atoms with Gasteiger partial charge in [0, 0.05) is 61.9 Å². The van der Waals surface area contributed by atoms with Gasteiger partial charge in [-0.05, 0) is 90.2 Å². The maximum atomic E-state index is 13.3. The van der Waals surface area contributed by atoms with Crippen molar-refractivity contribution in [2.45, 2.75) is 33.4 Å². The van der Waals surface area contributed by atoms with Crippen molar-refractivity contribution >= 4 is 51.7 Å². The molecule has 8 nitrogen and oxygen atoms in total. The molecule has 6 rings (SSSR count). The molecule has 0 unspecified atom stereocenters. The van der Waals surface area contributed by atoms with Crippen LogP contribution in [0.25, 0.3) is 5.57 Å². The van der Waals surface area contributed by atoms with Crippen LogP contribution in [-0.4, -0.2) is 60.6 Å². The molecule has 1 aliphatic rings. The highest BCUT2D eigenvalue weighted by atomic mass is 79.9. The molecule has 1 aliphatic heterocycles. The Balaban J connectivity index is 0.00000561. The molecule has 0 N–H and O–H groups in total. The summed E-state index contributed by atoms with van der Waals surface area (Å²) < 4.78 is 23.0. The van der Waals surface area contributed by atoms with Gasteiger partial charge in [0.2, 0.25) is 11.8 Å². The molecule has 0 radical (unpaired) electrons. The van der Waals surface area contributed by atoms with E-state index in [-0.39, 0.29) is 22.9 Å². The van der Waals surface area contributed by atoms with Crippen LogP contribution in [0.2, 0.25) is 10.0 Å². The number of nitrogens with zero attached hydrogens (tertiary/aromatic N) is 3. The molecule has 5 aromatic rings. The van der Waals surface area contributed by atoms with Crippen molar-refractivity contribution in [3.63, 3.8) is 0 Å². The minimum atomic E-state index is -0.00138. The number of allylic oxidation sites excluding steroid dienone is 1. The van der Waals surface area contributed by atoms with Crippen LogP contribution in [0.4, 0.5) is 0 Å². The fourth-order valence-corrected chi connectivity index (χ4v) is 6.49. The number of hydrogen-bond donors (Lipinski definition) is 0. The molecule has 1 aromatic heterocycles. The van der Waals surface area contributed by atoms with Crippen molar-refractivity contribution < 1.29 is 23.7 Å². The Morgan fingerprint density at radius 2 is 1.50 bits per heavy atom. The first-order valence-corrected chi connectivity index (χ1v) is 18.3. The van der Waals surface area contributed by atoms with E-state index in [1.165, 1.54) is 11.1 Å². The number of benzene rings is 4. The van der Waals surface area contributed by atoms with Crippen molar-refractivity contribution in [3.05, 3.63) is 147 Å². The molecule has 4 aromatic carbocycles. The number of pyridine rings is 1. The third kappa shape index (κ3) is 11.2. The predicted octanol–water partition coefficient (Wildman–Crippen LogP) is 10.0. The molecular weight excluding hydrogens is 789 g/mol. The Morgan fingerprint density at radius 1 is 0.815 bits per heavy atom. The van der Waals surface area contributed by atoms with Gasteiger partial charge in [0.25, 0.3) is 0 Å². The van der Waals surface area contributed by atoms with Crippen LogP contribution in [0.3, 0.4) is 0 Å². The number of aromatic nitrogens is 1. The molecule has 1 saturated heterocycles. The number of aryl methyl sites for hydroxylation is 1. The zero-order valence-electron chi connectivity index (χ0n) is 30.6. The Bertz CT molecular complexity index is 1990. The Labute approximate surface area is 338 Å². The third-order valence-corrected chi connectivity index (χ3v) is 9.77. The van der Waals surface area contributed by atoms with E-state index in [0.717, 1.165) is 59.8 Å². The Morgan fingerprint density at radius 3 is 2.17 bits per heavy atom. The minimum Gasteiger partial charge on any atom is -0.497 e. The fourth-order valence-electron chi connectivity index (χ4n) is 6.00. The molecule has 1 fully saturated rings. The molecule has 54 heavy (non-hydrogen) atoms. The first-order valence-electron chi connectivity index (χ1n) is 17.6. The lowest BCUT2D eigenvalue weighted by Gasteiger charge is -2.34. The van der Waals surface area contributed by atoms with Gasteiger partial charge in [-0.1, -0.05) is 65.7 Å². The lowest BCUT2D eigenvalue weighted by Crippen LogP contribution is -2.47. The fraction of sp³-hybridized carbons (Fsp3) is 0.256. The zero-order chi connectivity index (χ0) is 37.2. The second-order valence-corrected chi connectivity index (χ2v) is 13.8. The minimum absolute atomic E-state index is 0. The molecule has 2 heterocycles. The quantitative estimate of drug-likeness (QED) is 0.103. The van der Waals surface area contributed by atoms with E-state index in [1.54, 1.807) is 31.5 Å². The van der Waals surface area contributed by atoms with Gasteiger partial charge in [-0.15, -0.1) is 17.0 Å². The summed E-state index contributed by atoms with van der Waals surface area (Å²) in [5.41, 5.74) is 5.91. The van der Waals surface area contributed by atoms with E-state index in [4.69, 9.17) is 42.1 Å². The van der Waals surface area contributed by atoms with Crippen molar-refractivity contribution in [1.29, 1.82) is 0 Å². The smallest absolute Gasteiger partial charge is 0.246 e. The summed E-state index contributed by atoms with van der Waals surface area (Å²) in [6.45, 7) is 8.62. The second-order valence-electron chi connectivity index (χ2n) is 12.9. The molecular formula is C43H44BrCl2N3O5. The number of hydrogen-bond acceptors (Lipinski definition) is 7. The monoisotopic (exact) mass is 831 g/mol. The summed E-state index contributed by atoms with van der Waals surface area (Å²) in [6, 6.07) is 31.2. The maximum absolute atomic E-state index is 13.3. The van der Waals surface area contributed by atoms with Gasteiger partial charge in [-0.2, -0.15) is 0 Å². The van der Waals surface area contributed by atoms with Gasteiger partial charge >= 0.3 is 0 Å². The number of piperazine rings is 1. The van der Waals surface area contributed by atoms with Gasteiger partial charge in [-0.25, -0.2) is 4.98 Å². The van der Waals surface area contributed by atoms with Crippen LogP contribution >= 0.6 is 40.2 Å². The van der Waals surface area contributed by atoms with Crippen molar-refractivity contribution in [1.82, 2.24) is 14.8 Å². The first-order chi connectivity index (χ1) is 25.7. The average molecular weight is 834 g/mol. The normalized spacial score (nSPS) is 13.2. The van der Waals surface area contributed by atoms with Gasteiger partial charge < -0.3 is 23.8 Å². The van der Waals surface area contributed by atoms with Crippen LogP contribution in [-0.2, 0) is 24.4 Å². The average Bonchev–Trinajstić information content (AvgIpc) is 3.17. The van der Waals surface area contributed by atoms with E-state index in [2.05, 4.69) is 34.1 Å². The molecule has 0 saturated carbocycles. The van der Waals surface area contributed by atoms with Crippen molar-refractivity contribution in [2.75, 3.05) is 39.9 Å². The van der Waals surface area contributed by atoms with E-state index >= 15 is 0 Å². The van der Waals surface area contributed by atoms with E-state index in [0.29, 0.717) is 53.7 Å². The van der Waals surface area contributed by atoms with Crippen molar-refractivity contribution in [2.24, 2.45) is 0 Å². The molecule has 282 valence electrons. The highest BCUT2D eigenvalue weighted by molar-refractivity contribution is 8.93. The van der Waals surface area contributed by atoms with Crippen LogP contribution in [0.15, 0.2) is 109 Å². The summed E-state index contributed by atoms with van der Waals surface area (Å²) in [4.78, 5) is 22.0. The number of carbonyl (C=O) groups excluding carboxylic acids is 1. The topological polar surface area (TPSA) is 73.4 Å². The number of amides is 1. The van der Waals surface area contributed by atoms with Crippen LogP contribution in [0.1, 0.15) is 34.7 Å². The summed E-state index contributed by atoms with van der Waals surface area (Å²) in [5, 5.41) is 1.09. The van der Waals surface area contributed by atoms with Crippen LogP contribution < -0.4 is 18.9 Å². The maximum Gasteiger partial charge on any atom is 0.246 e. The number of methoxy groups -OCH3 is 1. The van der Waals surface area contributed by atoms with Gasteiger partial charge in [0.15, 0.2) is 5.75 Å². The molecule has 0 bridgehead atoms. The zero-order valence-corrected chi connectivity index (χ0v) is 33.8. The lowest BCUT2D eigenvalue weighted by atomic mass is 10.0. The van der Waals surface area contributed by atoms with E-state index < -0.39 is 0 Å². The molecule has 1 amide bonds. The lowest BCUT2D eigenvalue weighted by molar-refractivity contribution is -0.127. The number of rotatable bonds is 14. The summed E-state index contributed by atoms with van der Waals surface area (Å²) >= 11 is 12.9. The SMILES string of the molecule is Br.COc1ccc(OCCc2ccc(CN3CCN(C(=O)/C=C(\C)c4cc(C)c(Oc5ccc(OCc6ccccc6Cl)cn5)c(Cl)c4)CC3)cc2)cc1. The Hall–Kier alpha value is -4.54. The molecule has 11 heteroatoms. The summed E-state index contributed by atoms with van der Waals surface area (Å²) in [5.74, 6) is 3.14. The van der Waals surface area contributed by atoms with Gasteiger partial charge in [0.1, 0.15) is 23.9 Å². The van der Waals surface area contributed by atoms with Crippen LogP contribution in [0, 0.1) is 6.92 Å². The number of ether oxygens (including phenoxy) is 4. The van der Waals surface area contributed by atoms with Crippen LogP contribution in [0.5, 0.6) is 28.9 Å². The largest absolute Gasteiger partial charge is 0.497 e. The van der Waals surface area contributed by atoms with Crippen molar-refractivity contribution in [3.8, 4) is 28.9 Å². The first kappa shape index (κ1) is 40.6. The predicted molar refractivity (Wildman–Crippen MR) is 221 cm³/mol. The molecule has 0 aliphatic carbocycles. The molecule has 0 spiro atoms. The van der Waals surface area contributed by atoms with Gasteiger partial charge in [-0.3, -0.25) is 9.69 Å². The van der Waals surface area contributed by atoms with E-state index in [9.17, 15) is 4.79 Å². The number of carbonyl (C=O) groups is 1. The second kappa shape index (κ2) is 19.7. The van der Waals surface area contributed by atoms with Gasteiger partial charge in [0.05, 0.1) is 24.9 Å². The highest BCUT2D eigenvalue weighted by Gasteiger charge is 2.21. The summed E-state index contributed by atoms with van der Waals surface area (Å²) in [7, 11) is 1.65. The highest BCUT2D eigenvalue weighted by Crippen LogP contribution is 2.35. The molecule has 0 atom stereocenters. The standard InChI is InChI=1S/C43H43Cl2N3O5.BrH/c1-30(35-24-31(2)43(40(45)26-35)53-41-17-16-38(27-46-41)52-29-34-6-4-5-7-39(34)44)25-42(49)48-21-19-47(20-22-48)28-33-10-8-32(9-11-33)18-23-51-37-14-12-36(50-3)13-15-37;/h4-17,24-27H,18-23,28-29H2,1-3H3;1H/b30-25+;. The number of halogens is 3. The third-order valence-electron chi connectivity index (χ3n) is 9.12.